The van der Waals surface area contributed by atoms with Crippen molar-refractivity contribution in [3.8, 4) is 5.75 Å². The van der Waals surface area contributed by atoms with Crippen molar-refractivity contribution >= 4 is 15.9 Å². The number of hydrogen-bond donors (Lipinski definition) is 0. The Morgan fingerprint density at radius 3 is 3.00 bits per heavy atom. The number of benzene rings is 1. The van der Waals surface area contributed by atoms with Crippen LogP contribution in [0, 0.1) is 0 Å². The quantitative estimate of drug-likeness (QED) is 0.766. The van der Waals surface area contributed by atoms with Gasteiger partial charge < -0.3 is 9.47 Å². The second-order valence-corrected chi connectivity index (χ2v) is 4.55. The standard InChI is InChI=1S/C11H13BrO2/c1-3-11(2)13-7-8-4-5-9(12)6-10(8)14-11/h4-6H,3,7H2,1-2H3. The summed E-state index contributed by atoms with van der Waals surface area (Å²) in [4.78, 5) is 0. The van der Waals surface area contributed by atoms with Crippen LogP contribution in [-0.2, 0) is 11.3 Å². The average molecular weight is 257 g/mol. The Morgan fingerprint density at radius 2 is 2.29 bits per heavy atom. The first-order valence-electron chi connectivity index (χ1n) is 4.74. The molecule has 1 aromatic rings. The highest BCUT2D eigenvalue weighted by Gasteiger charge is 2.30. The summed E-state index contributed by atoms with van der Waals surface area (Å²) >= 11 is 3.43. The summed E-state index contributed by atoms with van der Waals surface area (Å²) in [6, 6.07) is 6.01. The lowest BCUT2D eigenvalue weighted by Gasteiger charge is -2.34. The second kappa shape index (κ2) is 3.55. The normalized spacial score (nSPS) is 25.4. The van der Waals surface area contributed by atoms with Crippen molar-refractivity contribution in [1.29, 1.82) is 0 Å². The Kier molecular flexibility index (Phi) is 2.54. The van der Waals surface area contributed by atoms with Gasteiger partial charge in [0.1, 0.15) is 5.75 Å². The van der Waals surface area contributed by atoms with Crippen LogP contribution in [0.3, 0.4) is 0 Å². The first-order valence-corrected chi connectivity index (χ1v) is 5.54. The molecule has 0 saturated heterocycles. The summed E-state index contributed by atoms with van der Waals surface area (Å²) in [5.41, 5.74) is 1.11. The van der Waals surface area contributed by atoms with Crippen LogP contribution in [0.1, 0.15) is 25.8 Å². The lowest BCUT2D eigenvalue weighted by Crippen LogP contribution is -2.38. The molecule has 1 aliphatic heterocycles. The molecule has 1 aliphatic rings. The summed E-state index contributed by atoms with van der Waals surface area (Å²) < 4.78 is 12.5. The maximum absolute atomic E-state index is 5.80. The van der Waals surface area contributed by atoms with E-state index in [1.54, 1.807) is 0 Å². The van der Waals surface area contributed by atoms with Gasteiger partial charge in [0.2, 0.25) is 5.79 Å². The van der Waals surface area contributed by atoms with Gasteiger partial charge in [0.15, 0.2) is 0 Å². The van der Waals surface area contributed by atoms with E-state index in [1.165, 1.54) is 0 Å². The van der Waals surface area contributed by atoms with E-state index in [9.17, 15) is 0 Å². The monoisotopic (exact) mass is 256 g/mol. The molecule has 14 heavy (non-hydrogen) atoms. The van der Waals surface area contributed by atoms with Crippen molar-refractivity contribution in [1.82, 2.24) is 0 Å². The maximum atomic E-state index is 5.80. The van der Waals surface area contributed by atoms with Crippen LogP contribution in [0.4, 0.5) is 0 Å². The Hall–Kier alpha value is -0.540. The molecule has 1 aromatic carbocycles. The fourth-order valence-electron chi connectivity index (χ4n) is 1.41. The van der Waals surface area contributed by atoms with E-state index >= 15 is 0 Å². The molecule has 0 N–H and O–H groups in total. The molecule has 0 bridgehead atoms. The van der Waals surface area contributed by atoms with Crippen molar-refractivity contribution in [2.75, 3.05) is 0 Å². The van der Waals surface area contributed by atoms with Gasteiger partial charge in [-0.3, -0.25) is 0 Å². The summed E-state index contributed by atoms with van der Waals surface area (Å²) in [5.74, 6) is 0.461. The van der Waals surface area contributed by atoms with E-state index in [-0.39, 0.29) is 0 Å². The van der Waals surface area contributed by atoms with Crippen LogP contribution < -0.4 is 4.74 Å². The average Bonchev–Trinajstić information content (AvgIpc) is 2.17. The molecular weight excluding hydrogens is 244 g/mol. The van der Waals surface area contributed by atoms with Crippen LogP contribution in [0.15, 0.2) is 22.7 Å². The molecule has 0 aromatic heterocycles. The fourth-order valence-corrected chi connectivity index (χ4v) is 1.75. The van der Waals surface area contributed by atoms with Crippen molar-refractivity contribution in [2.24, 2.45) is 0 Å². The molecule has 76 valence electrons. The Balaban J connectivity index is 2.33. The van der Waals surface area contributed by atoms with Gasteiger partial charge in [-0.25, -0.2) is 0 Å². The second-order valence-electron chi connectivity index (χ2n) is 3.63. The van der Waals surface area contributed by atoms with Crippen molar-refractivity contribution in [3.63, 3.8) is 0 Å². The molecule has 2 nitrogen and oxygen atoms in total. The lowest BCUT2D eigenvalue weighted by molar-refractivity contribution is -0.194. The zero-order valence-corrected chi connectivity index (χ0v) is 9.93. The van der Waals surface area contributed by atoms with Crippen molar-refractivity contribution in [3.05, 3.63) is 28.2 Å². The van der Waals surface area contributed by atoms with Gasteiger partial charge >= 0.3 is 0 Å². The van der Waals surface area contributed by atoms with Crippen LogP contribution in [-0.4, -0.2) is 5.79 Å². The Bertz CT molecular complexity index is 351. The highest BCUT2D eigenvalue weighted by atomic mass is 79.9. The lowest BCUT2D eigenvalue weighted by atomic mass is 10.1. The summed E-state index contributed by atoms with van der Waals surface area (Å²) in [6.45, 7) is 4.66. The van der Waals surface area contributed by atoms with Gasteiger partial charge in [-0.2, -0.15) is 0 Å². The molecule has 1 heterocycles. The van der Waals surface area contributed by atoms with E-state index in [4.69, 9.17) is 9.47 Å². The predicted molar refractivity (Wildman–Crippen MR) is 58.3 cm³/mol. The van der Waals surface area contributed by atoms with Gasteiger partial charge in [-0.15, -0.1) is 0 Å². The maximum Gasteiger partial charge on any atom is 0.207 e. The molecule has 1 unspecified atom stereocenters. The van der Waals surface area contributed by atoms with Gasteiger partial charge in [0, 0.05) is 23.4 Å². The zero-order chi connectivity index (χ0) is 10.2. The van der Waals surface area contributed by atoms with Crippen LogP contribution in [0.2, 0.25) is 0 Å². The van der Waals surface area contributed by atoms with E-state index in [2.05, 4.69) is 22.9 Å². The van der Waals surface area contributed by atoms with Gasteiger partial charge in [-0.05, 0) is 12.1 Å². The third-order valence-electron chi connectivity index (χ3n) is 2.53. The topological polar surface area (TPSA) is 18.5 Å². The number of rotatable bonds is 1. The molecule has 0 saturated carbocycles. The summed E-state index contributed by atoms with van der Waals surface area (Å²) in [5, 5.41) is 0. The van der Waals surface area contributed by atoms with Gasteiger partial charge in [0.25, 0.3) is 0 Å². The third-order valence-corrected chi connectivity index (χ3v) is 3.02. The first-order chi connectivity index (χ1) is 6.63. The molecule has 2 rings (SSSR count). The third kappa shape index (κ3) is 1.79. The molecule has 0 spiro atoms. The SMILES string of the molecule is CCC1(C)OCc2ccc(Br)cc2O1. The minimum Gasteiger partial charge on any atom is -0.462 e. The van der Waals surface area contributed by atoms with Crippen LogP contribution >= 0.6 is 15.9 Å². The highest BCUT2D eigenvalue weighted by molar-refractivity contribution is 9.10. The number of hydrogen-bond acceptors (Lipinski definition) is 2. The van der Waals surface area contributed by atoms with Crippen LogP contribution in [0.5, 0.6) is 5.75 Å². The smallest absolute Gasteiger partial charge is 0.207 e. The molecule has 0 aliphatic carbocycles. The zero-order valence-electron chi connectivity index (χ0n) is 8.34. The predicted octanol–water partition coefficient (Wildman–Crippen LogP) is 3.48. The number of fused-ring (bicyclic) bond motifs is 1. The van der Waals surface area contributed by atoms with E-state index in [1.807, 2.05) is 25.1 Å². The summed E-state index contributed by atoms with van der Waals surface area (Å²) in [7, 11) is 0. The van der Waals surface area contributed by atoms with E-state index in [0.29, 0.717) is 6.61 Å². The number of halogens is 1. The van der Waals surface area contributed by atoms with E-state index < -0.39 is 5.79 Å². The minimum absolute atomic E-state index is 0.464. The van der Waals surface area contributed by atoms with E-state index in [0.717, 1.165) is 22.2 Å². The molecular formula is C11H13BrO2. The Labute approximate surface area is 92.3 Å². The first kappa shape index (κ1) is 9.99. The Morgan fingerprint density at radius 1 is 1.50 bits per heavy atom. The molecule has 0 radical (unpaired) electrons. The fraction of sp³-hybridized carbons (Fsp3) is 0.455. The molecule has 1 atom stereocenters. The molecule has 0 amide bonds. The van der Waals surface area contributed by atoms with Gasteiger partial charge in [0.05, 0.1) is 6.61 Å². The van der Waals surface area contributed by atoms with Crippen LogP contribution in [0.25, 0.3) is 0 Å². The number of ether oxygens (including phenoxy) is 2. The van der Waals surface area contributed by atoms with Gasteiger partial charge in [-0.1, -0.05) is 28.9 Å². The molecule has 0 fully saturated rings. The van der Waals surface area contributed by atoms with Crippen molar-refractivity contribution in [2.45, 2.75) is 32.7 Å². The summed E-state index contributed by atoms with van der Waals surface area (Å²) in [6.07, 6.45) is 0.846. The largest absolute Gasteiger partial charge is 0.462 e. The van der Waals surface area contributed by atoms with Crippen molar-refractivity contribution < 1.29 is 9.47 Å². The minimum atomic E-state index is -0.464. The highest BCUT2D eigenvalue weighted by Crippen LogP contribution is 2.34. The molecule has 3 heteroatoms.